The second-order valence-electron chi connectivity index (χ2n) is 6.73. The number of ketones is 1. The summed E-state index contributed by atoms with van der Waals surface area (Å²) in [6.07, 6.45) is 0. The Morgan fingerprint density at radius 2 is 1.68 bits per heavy atom. The number of rotatable bonds is 5. The molecule has 0 unspecified atom stereocenters. The second kappa shape index (κ2) is 8.89. The van der Waals surface area contributed by atoms with Crippen molar-refractivity contribution >= 4 is 34.9 Å². The number of aryl methyl sites for hydroxylation is 1. The molecule has 0 saturated carbocycles. The molecule has 1 aliphatic heterocycles. The lowest BCUT2D eigenvalue weighted by Gasteiger charge is -2.36. The Kier molecular flexibility index (Phi) is 6.31. The summed E-state index contributed by atoms with van der Waals surface area (Å²) in [6.45, 7) is 4.18. The van der Waals surface area contributed by atoms with Crippen molar-refractivity contribution < 1.29 is 14.4 Å². The summed E-state index contributed by atoms with van der Waals surface area (Å²) in [6, 6.07) is 14.4. The summed E-state index contributed by atoms with van der Waals surface area (Å²) < 4.78 is 0. The van der Waals surface area contributed by atoms with Gasteiger partial charge in [-0.15, -0.1) is 0 Å². The Morgan fingerprint density at radius 3 is 2.32 bits per heavy atom. The van der Waals surface area contributed by atoms with Gasteiger partial charge in [-0.1, -0.05) is 47.5 Å². The van der Waals surface area contributed by atoms with Crippen LogP contribution in [0, 0.1) is 6.92 Å². The van der Waals surface area contributed by atoms with Crippen molar-refractivity contribution in [2.24, 2.45) is 0 Å². The molecule has 0 radical (unpaired) electrons. The van der Waals surface area contributed by atoms with Gasteiger partial charge in [-0.05, 0) is 25.1 Å². The molecule has 1 saturated heterocycles. The topological polar surface area (TPSA) is 69.7 Å². The first-order valence-electron chi connectivity index (χ1n) is 9.11. The summed E-state index contributed by atoms with van der Waals surface area (Å²) in [7, 11) is 0. The zero-order chi connectivity index (χ0) is 20.1. The summed E-state index contributed by atoms with van der Waals surface area (Å²) in [5.41, 5.74) is 2.34. The Hall–Kier alpha value is -2.86. The van der Waals surface area contributed by atoms with Crippen LogP contribution in [0.5, 0.6) is 0 Å². The van der Waals surface area contributed by atoms with E-state index in [2.05, 4.69) is 10.2 Å². The predicted molar refractivity (Wildman–Crippen MR) is 109 cm³/mol. The van der Waals surface area contributed by atoms with E-state index in [1.54, 1.807) is 29.2 Å². The van der Waals surface area contributed by atoms with E-state index in [0.29, 0.717) is 36.8 Å². The van der Waals surface area contributed by atoms with Crippen molar-refractivity contribution in [2.45, 2.75) is 6.92 Å². The van der Waals surface area contributed by atoms with E-state index < -0.39 is 11.7 Å². The molecule has 28 heavy (non-hydrogen) atoms. The molecule has 1 aliphatic rings. The largest absolute Gasteiger partial charge is 0.368 e. The predicted octanol–water partition coefficient (Wildman–Crippen LogP) is 2.30. The zero-order valence-corrected chi connectivity index (χ0v) is 16.4. The monoisotopic (exact) mass is 399 g/mol. The van der Waals surface area contributed by atoms with Crippen LogP contribution in [0.1, 0.15) is 15.9 Å². The Morgan fingerprint density at radius 1 is 1.00 bits per heavy atom. The van der Waals surface area contributed by atoms with Crippen LogP contribution < -0.4 is 10.2 Å². The number of carbonyl (C=O) groups excluding carboxylic acids is 3. The number of anilines is 1. The molecule has 1 heterocycles. The zero-order valence-electron chi connectivity index (χ0n) is 15.7. The second-order valence-corrected chi connectivity index (χ2v) is 7.16. The molecule has 2 aromatic carbocycles. The van der Waals surface area contributed by atoms with Gasteiger partial charge in [0.2, 0.25) is 11.7 Å². The maximum absolute atomic E-state index is 12.4. The molecule has 1 fully saturated rings. The van der Waals surface area contributed by atoms with Gasteiger partial charge < -0.3 is 15.1 Å². The van der Waals surface area contributed by atoms with Crippen LogP contribution >= 0.6 is 11.6 Å². The van der Waals surface area contributed by atoms with Gasteiger partial charge >= 0.3 is 0 Å². The molecule has 2 amide bonds. The minimum atomic E-state index is -0.769. The van der Waals surface area contributed by atoms with Gasteiger partial charge in [0.25, 0.3) is 5.91 Å². The number of carbonyl (C=O) groups is 3. The minimum absolute atomic E-state index is 0.187. The smallest absolute Gasteiger partial charge is 0.292 e. The average Bonchev–Trinajstić information content (AvgIpc) is 2.72. The molecular weight excluding hydrogens is 378 g/mol. The van der Waals surface area contributed by atoms with E-state index in [0.717, 1.165) is 11.3 Å². The highest BCUT2D eigenvalue weighted by Gasteiger charge is 2.23. The van der Waals surface area contributed by atoms with Crippen LogP contribution in [0.15, 0.2) is 48.5 Å². The van der Waals surface area contributed by atoms with Crippen molar-refractivity contribution in [1.29, 1.82) is 0 Å². The molecule has 0 atom stereocenters. The number of nitrogens with zero attached hydrogens (tertiary/aromatic N) is 2. The van der Waals surface area contributed by atoms with Crippen LogP contribution in [0.3, 0.4) is 0 Å². The number of amides is 2. The van der Waals surface area contributed by atoms with Crippen molar-refractivity contribution in [1.82, 2.24) is 10.2 Å². The lowest BCUT2D eigenvalue weighted by molar-refractivity contribution is -0.132. The van der Waals surface area contributed by atoms with E-state index in [9.17, 15) is 14.4 Å². The summed E-state index contributed by atoms with van der Waals surface area (Å²) >= 11 is 6.03. The van der Waals surface area contributed by atoms with Gasteiger partial charge in [0.1, 0.15) is 0 Å². The maximum atomic E-state index is 12.4. The fourth-order valence-corrected chi connectivity index (χ4v) is 3.26. The highest BCUT2D eigenvalue weighted by Crippen LogP contribution is 2.20. The number of halogens is 1. The maximum Gasteiger partial charge on any atom is 0.292 e. The third-order valence-electron chi connectivity index (χ3n) is 4.73. The standard InChI is InChI=1S/C21H22ClN3O3/c1-15-5-7-16(8-6-15)20(27)21(28)23-14-19(26)25-11-9-24(10-12-25)18-4-2-3-17(22)13-18/h2-8,13H,9-12,14H2,1H3,(H,23,28). The first-order valence-corrected chi connectivity index (χ1v) is 9.49. The normalized spacial score (nSPS) is 13.9. The van der Waals surface area contributed by atoms with Crippen LogP contribution in [0.25, 0.3) is 0 Å². The van der Waals surface area contributed by atoms with Crippen molar-refractivity contribution in [3.8, 4) is 0 Å². The molecule has 0 bridgehead atoms. The van der Waals surface area contributed by atoms with Gasteiger partial charge in [-0.25, -0.2) is 0 Å². The molecule has 6 nitrogen and oxygen atoms in total. The summed E-state index contributed by atoms with van der Waals surface area (Å²) in [5.74, 6) is -1.61. The lowest BCUT2D eigenvalue weighted by atomic mass is 10.1. The molecule has 2 aromatic rings. The molecule has 1 N–H and O–H groups in total. The van der Waals surface area contributed by atoms with Gasteiger partial charge in [-0.3, -0.25) is 14.4 Å². The molecule has 0 spiro atoms. The van der Waals surface area contributed by atoms with Crippen LogP contribution in [0.2, 0.25) is 5.02 Å². The van der Waals surface area contributed by atoms with E-state index in [4.69, 9.17) is 11.6 Å². The molecule has 3 rings (SSSR count). The summed E-state index contributed by atoms with van der Waals surface area (Å²) in [4.78, 5) is 40.4. The van der Waals surface area contributed by atoms with Crippen LogP contribution in [-0.4, -0.2) is 55.2 Å². The van der Waals surface area contributed by atoms with Crippen LogP contribution in [0.4, 0.5) is 5.69 Å². The number of hydrogen-bond donors (Lipinski definition) is 1. The van der Waals surface area contributed by atoms with E-state index in [1.807, 2.05) is 31.2 Å². The molecule has 146 valence electrons. The molecule has 7 heteroatoms. The number of Topliss-reactive ketones (excluding diaryl/α,β-unsaturated/α-hetero) is 1. The fourth-order valence-electron chi connectivity index (χ4n) is 3.07. The highest BCUT2D eigenvalue weighted by atomic mass is 35.5. The van der Waals surface area contributed by atoms with Gasteiger partial charge in [0.05, 0.1) is 6.54 Å². The first-order chi connectivity index (χ1) is 13.4. The van der Waals surface area contributed by atoms with Gasteiger partial charge in [0.15, 0.2) is 0 Å². The van der Waals surface area contributed by atoms with Crippen molar-refractivity contribution in [2.75, 3.05) is 37.6 Å². The van der Waals surface area contributed by atoms with E-state index in [1.165, 1.54) is 0 Å². The Labute approximate surface area is 169 Å². The third kappa shape index (κ3) is 4.89. The number of hydrogen-bond acceptors (Lipinski definition) is 4. The van der Waals surface area contributed by atoms with E-state index in [-0.39, 0.29) is 12.5 Å². The quantitative estimate of drug-likeness (QED) is 0.618. The van der Waals surface area contributed by atoms with Crippen LogP contribution in [-0.2, 0) is 9.59 Å². The van der Waals surface area contributed by atoms with Gasteiger partial charge in [-0.2, -0.15) is 0 Å². The number of piperazine rings is 1. The Balaban J connectivity index is 1.47. The van der Waals surface area contributed by atoms with Crippen molar-refractivity contribution in [3.63, 3.8) is 0 Å². The SMILES string of the molecule is Cc1ccc(C(=O)C(=O)NCC(=O)N2CCN(c3cccc(Cl)c3)CC2)cc1. The fraction of sp³-hybridized carbons (Fsp3) is 0.286. The average molecular weight is 400 g/mol. The summed E-state index contributed by atoms with van der Waals surface area (Å²) in [5, 5.41) is 3.11. The Bertz CT molecular complexity index is 875. The minimum Gasteiger partial charge on any atom is -0.368 e. The molecule has 0 aromatic heterocycles. The highest BCUT2D eigenvalue weighted by molar-refractivity contribution is 6.43. The third-order valence-corrected chi connectivity index (χ3v) is 4.96. The van der Waals surface area contributed by atoms with E-state index >= 15 is 0 Å². The molecular formula is C21H22ClN3O3. The molecule has 0 aliphatic carbocycles. The number of nitrogens with one attached hydrogen (secondary N) is 1. The number of benzene rings is 2. The first kappa shape index (κ1) is 19.9. The van der Waals surface area contributed by atoms with Crippen molar-refractivity contribution in [3.05, 3.63) is 64.7 Å². The van der Waals surface area contributed by atoms with Gasteiger partial charge in [0, 0.05) is 42.5 Å². The lowest BCUT2D eigenvalue weighted by Crippen LogP contribution is -2.51.